The van der Waals surface area contributed by atoms with Gasteiger partial charge in [0.1, 0.15) is 0 Å². The van der Waals surface area contributed by atoms with Crippen molar-refractivity contribution in [2.75, 3.05) is 25.5 Å². The summed E-state index contributed by atoms with van der Waals surface area (Å²) in [5, 5.41) is 3.85. The number of benzene rings is 1. The summed E-state index contributed by atoms with van der Waals surface area (Å²) in [6.07, 6.45) is 1.86. The van der Waals surface area contributed by atoms with E-state index in [2.05, 4.69) is 33.6 Å². The highest BCUT2D eigenvalue weighted by molar-refractivity contribution is 6.31. The number of hydrogen-bond donors (Lipinski definition) is 1. The number of allylic oxidation sites excluding steroid dienone is 1. The number of ether oxygens (including phenoxy) is 1. The lowest BCUT2D eigenvalue weighted by molar-refractivity contribution is -0.136. The molecule has 0 aliphatic carbocycles. The van der Waals surface area contributed by atoms with Crippen LogP contribution in [0.5, 0.6) is 0 Å². The van der Waals surface area contributed by atoms with Crippen LogP contribution >= 0.6 is 11.6 Å². The summed E-state index contributed by atoms with van der Waals surface area (Å²) < 4.78 is 7.14. The molecule has 1 aliphatic rings. The van der Waals surface area contributed by atoms with Crippen LogP contribution in [0.1, 0.15) is 38.1 Å². The monoisotopic (exact) mass is 388 g/mol. The zero-order valence-corrected chi connectivity index (χ0v) is 16.9. The van der Waals surface area contributed by atoms with Crippen molar-refractivity contribution in [3.63, 3.8) is 0 Å². The fraction of sp³-hybridized carbons (Fsp3) is 0.400. The maximum Gasteiger partial charge on any atom is 0.337 e. The third kappa shape index (κ3) is 3.59. The van der Waals surface area contributed by atoms with Crippen LogP contribution in [0.15, 0.2) is 41.7 Å². The van der Waals surface area contributed by atoms with Crippen molar-refractivity contribution < 1.29 is 9.53 Å². The second-order valence-electron chi connectivity index (χ2n) is 6.48. The van der Waals surface area contributed by atoms with E-state index in [0.29, 0.717) is 16.5 Å². The summed E-state index contributed by atoms with van der Waals surface area (Å²) in [5.41, 5.74) is 3.12. The third-order valence-electron chi connectivity index (χ3n) is 4.99. The highest BCUT2D eigenvalue weighted by Gasteiger charge is 2.35. The number of nitrogens with one attached hydrogen (secondary N) is 1. The van der Waals surface area contributed by atoms with Gasteiger partial charge in [-0.2, -0.15) is 0 Å². The standard InChI is InChI=1S/C20H25ClN4O2/c1-5-24(6-2)12-14-11-22-20-23-13(3)17(19(26)27-4)18(25(14)20)15-9-7-8-10-16(15)21/h7-11,18H,5-6,12H2,1-4H3,(H,22,23). The van der Waals surface area contributed by atoms with Gasteiger partial charge in [0.05, 0.1) is 30.6 Å². The quantitative estimate of drug-likeness (QED) is 0.762. The van der Waals surface area contributed by atoms with E-state index >= 15 is 0 Å². The number of methoxy groups -OCH3 is 1. The van der Waals surface area contributed by atoms with Gasteiger partial charge in [-0.05, 0) is 31.6 Å². The number of fused-ring (bicyclic) bond motifs is 1. The van der Waals surface area contributed by atoms with Crippen LogP contribution < -0.4 is 5.32 Å². The van der Waals surface area contributed by atoms with Crippen LogP contribution in [0.3, 0.4) is 0 Å². The number of hydrogen-bond acceptors (Lipinski definition) is 5. The van der Waals surface area contributed by atoms with E-state index in [4.69, 9.17) is 16.3 Å². The molecule has 0 saturated carbocycles. The van der Waals surface area contributed by atoms with Crippen molar-refractivity contribution in [3.05, 3.63) is 58.0 Å². The minimum absolute atomic E-state index is 0.377. The number of aromatic nitrogens is 2. The Morgan fingerprint density at radius 3 is 2.67 bits per heavy atom. The van der Waals surface area contributed by atoms with E-state index in [-0.39, 0.29) is 5.97 Å². The van der Waals surface area contributed by atoms with Crippen molar-refractivity contribution in [2.45, 2.75) is 33.4 Å². The minimum Gasteiger partial charge on any atom is -0.466 e. The Balaban J connectivity index is 2.19. The Morgan fingerprint density at radius 2 is 2.04 bits per heavy atom. The van der Waals surface area contributed by atoms with E-state index in [0.717, 1.165) is 36.6 Å². The normalized spacial score (nSPS) is 16.3. The topological polar surface area (TPSA) is 59.4 Å². The molecule has 2 aromatic rings. The number of anilines is 1. The van der Waals surface area contributed by atoms with Gasteiger partial charge in [-0.3, -0.25) is 4.90 Å². The first-order valence-electron chi connectivity index (χ1n) is 9.10. The SMILES string of the molecule is CCN(CC)Cc1cnc2n1C(c1ccccc1Cl)C(C(=O)OC)=C(C)N2. The van der Waals surface area contributed by atoms with Gasteiger partial charge in [0.2, 0.25) is 5.95 Å². The molecular formula is C20H25ClN4O2. The molecular weight excluding hydrogens is 364 g/mol. The molecule has 0 fully saturated rings. The molecule has 1 aromatic carbocycles. The molecule has 0 amide bonds. The van der Waals surface area contributed by atoms with E-state index in [1.54, 1.807) is 0 Å². The average molecular weight is 389 g/mol. The van der Waals surface area contributed by atoms with Gasteiger partial charge in [0, 0.05) is 17.3 Å². The fourth-order valence-corrected chi connectivity index (χ4v) is 3.74. The molecule has 6 nitrogen and oxygen atoms in total. The number of carbonyl (C=O) groups excluding carboxylic acids is 1. The van der Waals surface area contributed by atoms with Gasteiger partial charge in [0.15, 0.2) is 0 Å². The molecule has 0 saturated heterocycles. The molecule has 1 atom stereocenters. The first-order chi connectivity index (χ1) is 13.0. The third-order valence-corrected chi connectivity index (χ3v) is 5.34. The molecule has 27 heavy (non-hydrogen) atoms. The van der Waals surface area contributed by atoms with Crippen molar-refractivity contribution >= 4 is 23.5 Å². The number of rotatable bonds is 6. The Hall–Kier alpha value is -2.31. The van der Waals surface area contributed by atoms with Gasteiger partial charge in [-0.15, -0.1) is 0 Å². The molecule has 3 rings (SSSR count). The second-order valence-corrected chi connectivity index (χ2v) is 6.89. The highest BCUT2D eigenvalue weighted by Crippen LogP contribution is 2.40. The second kappa shape index (κ2) is 8.15. The predicted octanol–water partition coefficient (Wildman–Crippen LogP) is 3.84. The molecule has 0 bridgehead atoms. The summed E-state index contributed by atoms with van der Waals surface area (Å²) in [7, 11) is 1.40. The number of nitrogens with zero attached hydrogens (tertiary/aromatic N) is 3. The maximum absolute atomic E-state index is 12.6. The number of esters is 1. The molecule has 144 valence electrons. The zero-order valence-electron chi connectivity index (χ0n) is 16.1. The van der Waals surface area contributed by atoms with Crippen molar-refractivity contribution in [1.29, 1.82) is 0 Å². The summed E-state index contributed by atoms with van der Waals surface area (Å²) in [4.78, 5) is 19.5. The largest absolute Gasteiger partial charge is 0.466 e. The van der Waals surface area contributed by atoms with Gasteiger partial charge < -0.3 is 14.6 Å². The smallest absolute Gasteiger partial charge is 0.337 e. The molecule has 0 spiro atoms. The molecule has 1 aliphatic heterocycles. The number of carbonyl (C=O) groups is 1. The Labute approximate surface area is 164 Å². The predicted molar refractivity (Wildman–Crippen MR) is 107 cm³/mol. The van der Waals surface area contributed by atoms with E-state index in [9.17, 15) is 4.79 Å². The van der Waals surface area contributed by atoms with E-state index < -0.39 is 6.04 Å². The lowest BCUT2D eigenvalue weighted by Gasteiger charge is -2.32. The van der Waals surface area contributed by atoms with Crippen LogP contribution in [0.4, 0.5) is 5.95 Å². The van der Waals surface area contributed by atoms with E-state index in [1.807, 2.05) is 37.4 Å². The molecule has 7 heteroatoms. The lowest BCUT2D eigenvalue weighted by Crippen LogP contribution is -2.31. The van der Waals surface area contributed by atoms with E-state index in [1.165, 1.54) is 7.11 Å². The lowest BCUT2D eigenvalue weighted by atomic mass is 9.95. The van der Waals surface area contributed by atoms with Crippen LogP contribution in [0.25, 0.3) is 0 Å². The van der Waals surface area contributed by atoms with Crippen LogP contribution in [-0.4, -0.2) is 40.6 Å². The zero-order chi connectivity index (χ0) is 19.6. The van der Waals surface area contributed by atoms with Gasteiger partial charge >= 0.3 is 5.97 Å². The fourth-order valence-electron chi connectivity index (χ4n) is 3.51. The van der Waals surface area contributed by atoms with Crippen LogP contribution in [0, 0.1) is 0 Å². The summed E-state index contributed by atoms with van der Waals surface area (Å²) in [6.45, 7) is 8.71. The Morgan fingerprint density at radius 1 is 1.33 bits per heavy atom. The van der Waals surface area contributed by atoms with Crippen LogP contribution in [0.2, 0.25) is 5.02 Å². The van der Waals surface area contributed by atoms with Crippen molar-refractivity contribution in [3.8, 4) is 0 Å². The van der Waals surface area contributed by atoms with Gasteiger partial charge in [-0.1, -0.05) is 43.6 Å². The summed E-state index contributed by atoms with van der Waals surface area (Å²) >= 11 is 6.53. The van der Waals surface area contributed by atoms with Gasteiger partial charge in [-0.25, -0.2) is 9.78 Å². The molecule has 0 radical (unpaired) electrons. The Bertz CT molecular complexity index is 871. The minimum atomic E-state index is -0.393. The summed E-state index contributed by atoms with van der Waals surface area (Å²) in [5.74, 6) is 0.324. The number of halogens is 1. The summed E-state index contributed by atoms with van der Waals surface area (Å²) in [6, 6.07) is 7.19. The molecule has 1 unspecified atom stereocenters. The van der Waals surface area contributed by atoms with Gasteiger partial charge in [0.25, 0.3) is 0 Å². The highest BCUT2D eigenvalue weighted by atomic mass is 35.5. The first kappa shape index (κ1) is 19.5. The molecule has 1 aromatic heterocycles. The van der Waals surface area contributed by atoms with Crippen LogP contribution in [-0.2, 0) is 16.1 Å². The first-order valence-corrected chi connectivity index (χ1v) is 9.48. The maximum atomic E-state index is 12.6. The number of imidazole rings is 1. The van der Waals surface area contributed by atoms with Crippen molar-refractivity contribution in [2.24, 2.45) is 0 Å². The molecule has 1 N–H and O–H groups in total. The van der Waals surface area contributed by atoms with Crippen molar-refractivity contribution in [1.82, 2.24) is 14.5 Å². The Kier molecular flexibility index (Phi) is 5.87. The molecule has 2 heterocycles. The average Bonchev–Trinajstić information content (AvgIpc) is 3.07.